The third-order valence-corrected chi connectivity index (χ3v) is 17.0. The number of allylic oxidation sites excluding steroid dienone is 2. The standard InChI is InChI=1S/C50H42P2/c1-2-3-12-34-21-22-38-30-51(31-39-26-23-35-13-4-7-16-42(35)48(39)45(38)29-34)46-19-10-11-20-47(46)52-32-40-27-24-36-14-5-8-17-43(36)49(40)50-41(33-52)28-25-37-15-6-9-18-44(37)50/h3-29,39,48H,2,30-33H2,1H3/b12-3-. The van der Waals surface area contributed by atoms with Gasteiger partial charge in [0.15, 0.2) is 0 Å². The Morgan fingerprint density at radius 3 is 1.88 bits per heavy atom. The maximum absolute atomic E-state index is 2.56. The number of hydrogen-bond donors (Lipinski definition) is 0. The molecule has 0 spiro atoms. The summed E-state index contributed by atoms with van der Waals surface area (Å²) in [5.74, 6) is 0.886. The zero-order valence-electron chi connectivity index (χ0n) is 29.7. The van der Waals surface area contributed by atoms with Crippen molar-refractivity contribution >= 4 is 60.1 Å². The lowest BCUT2D eigenvalue weighted by Crippen LogP contribution is -2.26. The van der Waals surface area contributed by atoms with Crippen LogP contribution in [0, 0.1) is 5.92 Å². The fourth-order valence-corrected chi connectivity index (χ4v) is 15.4. The van der Waals surface area contributed by atoms with Gasteiger partial charge in [0.2, 0.25) is 0 Å². The fourth-order valence-electron chi connectivity index (χ4n) is 9.32. The van der Waals surface area contributed by atoms with E-state index in [-0.39, 0.29) is 0 Å². The molecular formula is C50H42P2. The summed E-state index contributed by atoms with van der Waals surface area (Å²) in [4.78, 5) is 0. The van der Waals surface area contributed by atoms with E-state index in [1.54, 1.807) is 21.7 Å². The first-order valence-corrected chi connectivity index (χ1v) is 22.3. The topological polar surface area (TPSA) is 0 Å². The van der Waals surface area contributed by atoms with Crippen molar-refractivity contribution in [3.05, 3.63) is 191 Å². The van der Waals surface area contributed by atoms with E-state index < -0.39 is 15.8 Å². The molecule has 1 aliphatic carbocycles. The van der Waals surface area contributed by atoms with Gasteiger partial charge in [-0.15, -0.1) is 0 Å². The van der Waals surface area contributed by atoms with Crippen LogP contribution in [-0.2, 0) is 18.5 Å². The third-order valence-electron chi connectivity index (χ3n) is 11.7. The van der Waals surface area contributed by atoms with Gasteiger partial charge in [0.1, 0.15) is 0 Å². The molecule has 0 nitrogen and oxygen atoms in total. The second kappa shape index (κ2) is 13.4. The molecular weight excluding hydrogens is 662 g/mol. The van der Waals surface area contributed by atoms with Gasteiger partial charge in [0.05, 0.1) is 0 Å². The van der Waals surface area contributed by atoms with Crippen molar-refractivity contribution in [1.82, 2.24) is 0 Å². The molecule has 0 N–H and O–H groups in total. The van der Waals surface area contributed by atoms with Crippen LogP contribution in [0.4, 0.5) is 0 Å². The highest BCUT2D eigenvalue weighted by Crippen LogP contribution is 2.56. The number of hydrogen-bond acceptors (Lipinski definition) is 0. The van der Waals surface area contributed by atoms with Gasteiger partial charge in [-0.25, -0.2) is 0 Å². The average Bonchev–Trinajstić information content (AvgIpc) is 3.48. The molecule has 0 fully saturated rings. The van der Waals surface area contributed by atoms with Gasteiger partial charge in [0.25, 0.3) is 0 Å². The predicted octanol–water partition coefficient (Wildman–Crippen LogP) is 13.0. The summed E-state index contributed by atoms with van der Waals surface area (Å²) in [6.07, 6.45) is 15.2. The molecule has 0 radical (unpaired) electrons. The molecule has 7 aromatic rings. The van der Waals surface area contributed by atoms with E-state index in [4.69, 9.17) is 0 Å². The second-order valence-electron chi connectivity index (χ2n) is 14.8. The van der Waals surface area contributed by atoms with Crippen molar-refractivity contribution in [2.75, 3.05) is 6.16 Å². The largest absolute Gasteiger partial charge is 0.0842 e. The van der Waals surface area contributed by atoms with Crippen LogP contribution in [-0.4, -0.2) is 6.16 Å². The SMILES string of the molecule is CC/C=C\c1ccc2c(c1)C1c3ccccc3C=CC1CP(c1ccccc1P1Cc3ccc4ccccc4c3-c3c(ccc4ccccc34)C1)C2. The van der Waals surface area contributed by atoms with Crippen LogP contribution < -0.4 is 10.6 Å². The minimum absolute atomic E-state index is 0.398. The Labute approximate surface area is 310 Å². The Bertz CT molecular complexity index is 2470. The van der Waals surface area contributed by atoms with E-state index in [1.807, 2.05) is 0 Å². The molecule has 3 unspecified atom stereocenters. The lowest BCUT2D eigenvalue weighted by Gasteiger charge is -2.31. The average molecular weight is 705 g/mol. The first kappa shape index (κ1) is 32.1. The molecule has 52 heavy (non-hydrogen) atoms. The molecule has 0 aromatic heterocycles. The molecule has 3 atom stereocenters. The Morgan fingerprint density at radius 1 is 0.577 bits per heavy atom. The normalized spacial score (nSPS) is 19.4. The molecule has 2 heterocycles. The molecule has 0 saturated carbocycles. The van der Waals surface area contributed by atoms with Gasteiger partial charge >= 0.3 is 0 Å². The Balaban J connectivity index is 1.11. The summed E-state index contributed by atoms with van der Waals surface area (Å²) < 4.78 is 0. The quantitative estimate of drug-likeness (QED) is 0.160. The number of benzene rings is 7. The minimum Gasteiger partial charge on any atom is -0.0842 e. The van der Waals surface area contributed by atoms with Crippen LogP contribution in [0.15, 0.2) is 152 Å². The van der Waals surface area contributed by atoms with E-state index in [2.05, 4.69) is 171 Å². The van der Waals surface area contributed by atoms with Gasteiger partial charge in [-0.1, -0.05) is 187 Å². The lowest BCUT2D eigenvalue weighted by molar-refractivity contribution is 0.627. The summed E-state index contributed by atoms with van der Waals surface area (Å²) in [7, 11) is -0.916. The summed E-state index contributed by atoms with van der Waals surface area (Å²) >= 11 is 0. The zero-order chi connectivity index (χ0) is 34.6. The molecule has 0 amide bonds. The molecule has 0 bridgehead atoms. The second-order valence-corrected chi connectivity index (χ2v) is 19.2. The van der Waals surface area contributed by atoms with Crippen molar-refractivity contribution in [1.29, 1.82) is 0 Å². The monoisotopic (exact) mass is 704 g/mol. The number of rotatable bonds is 4. The van der Waals surface area contributed by atoms with Gasteiger partial charge in [-0.2, -0.15) is 0 Å². The molecule has 3 aliphatic rings. The third kappa shape index (κ3) is 5.51. The van der Waals surface area contributed by atoms with Crippen LogP contribution in [0.5, 0.6) is 0 Å². The van der Waals surface area contributed by atoms with Crippen LogP contribution in [0.3, 0.4) is 0 Å². The highest BCUT2D eigenvalue weighted by Gasteiger charge is 2.36. The van der Waals surface area contributed by atoms with Crippen molar-refractivity contribution in [3.8, 4) is 11.1 Å². The van der Waals surface area contributed by atoms with Gasteiger partial charge < -0.3 is 0 Å². The van der Waals surface area contributed by atoms with E-state index >= 15 is 0 Å². The summed E-state index contributed by atoms with van der Waals surface area (Å²) in [5, 5.41) is 8.71. The zero-order valence-corrected chi connectivity index (χ0v) is 31.5. The van der Waals surface area contributed by atoms with Gasteiger partial charge in [0, 0.05) is 5.92 Å². The van der Waals surface area contributed by atoms with Gasteiger partial charge in [-0.05, 0) is 119 Å². The summed E-state index contributed by atoms with van der Waals surface area (Å²) in [6, 6.07) is 53.9. The van der Waals surface area contributed by atoms with Crippen molar-refractivity contribution in [3.63, 3.8) is 0 Å². The maximum atomic E-state index is 2.56. The summed E-state index contributed by atoms with van der Waals surface area (Å²) in [6.45, 7) is 2.22. The van der Waals surface area contributed by atoms with E-state index in [9.17, 15) is 0 Å². The first-order valence-electron chi connectivity index (χ1n) is 18.9. The van der Waals surface area contributed by atoms with Crippen molar-refractivity contribution in [2.45, 2.75) is 37.7 Å². The maximum Gasteiger partial charge on any atom is 0.0165 e. The Morgan fingerprint density at radius 2 is 1.17 bits per heavy atom. The predicted molar refractivity (Wildman–Crippen MR) is 229 cm³/mol. The van der Waals surface area contributed by atoms with E-state index in [0.717, 1.165) is 24.9 Å². The smallest absolute Gasteiger partial charge is 0.0165 e. The molecule has 0 saturated heterocycles. The number of fused-ring (bicyclic) bond motifs is 12. The van der Waals surface area contributed by atoms with Crippen LogP contribution in [0.2, 0.25) is 0 Å². The summed E-state index contributed by atoms with van der Waals surface area (Å²) in [5.41, 5.74) is 13.2. The van der Waals surface area contributed by atoms with Crippen LogP contribution in [0.1, 0.15) is 58.2 Å². The highest BCUT2D eigenvalue weighted by atomic mass is 31.1. The van der Waals surface area contributed by atoms with Crippen LogP contribution in [0.25, 0.3) is 44.8 Å². The molecule has 252 valence electrons. The fraction of sp³-hybridized carbons (Fsp3) is 0.160. The van der Waals surface area contributed by atoms with Crippen LogP contribution >= 0.6 is 15.8 Å². The van der Waals surface area contributed by atoms with E-state index in [0.29, 0.717) is 11.8 Å². The van der Waals surface area contributed by atoms with Gasteiger partial charge in [-0.3, -0.25) is 0 Å². The highest BCUT2D eigenvalue weighted by molar-refractivity contribution is 7.71. The molecule has 7 aromatic carbocycles. The molecule has 2 aliphatic heterocycles. The first-order chi connectivity index (χ1) is 25.7. The molecule has 2 heteroatoms. The Hall–Kier alpha value is -4.60. The van der Waals surface area contributed by atoms with Crippen molar-refractivity contribution in [2.24, 2.45) is 5.92 Å². The van der Waals surface area contributed by atoms with E-state index in [1.165, 1.54) is 66.7 Å². The lowest BCUT2D eigenvalue weighted by atomic mass is 9.74. The minimum atomic E-state index is -0.484. The Kier molecular flexibility index (Phi) is 8.28. The molecule has 10 rings (SSSR count). The van der Waals surface area contributed by atoms with Crippen molar-refractivity contribution < 1.29 is 0 Å².